The van der Waals surface area contributed by atoms with Crippen LogP contribution in [0.3, 0.4) is 0 Å². The number of aromatic nitrogens is 2. The maximum Gasteiger partial charge on any atom is 0.175 e. The average Bonchev–Trinajstić information content (AvgIpc) is 2.58. The minimum atomic E-state index is -0.389. The molecule has 0 atom stereocenters. The smallest absolute Gasteiger partial charge is 0.175 e. The van der Waals surface area contributed by atoms with E-state index in [0.717, 1.165) is 17.0 Å². The van der Waals surface area contributed by atoms with Gasteiger partial charge >= 0.3 is 0 Å². The van der Waals surface area contributed by atoms with Crippen molar-refractivity contribution in [2.75, 3.05) is 7.11 Å². The molecule has 2 N–H and O–H groups in total. The fraction of sp³-hybridized carbons (Fsp3) is 0.182. The Morgan fingerprint density at radius 1 is 1.31 bits per heavy atom. The maximum atomic E-state index is 13.5. The molecule has 0 amide bonds. The van der Waals surface area contributed by atoms with E-state index in [1.807, 2.05) is 6.92 Å². The molecular weight excluding hydrogens is 227 g/mol. The Bertz CT molecular complexity index is 574. The van der Waals surface area contributed by atoms with Crippen LogP contribution in [0.25, 0.3) is 11.3 Å². The van der Waals surface area contributed by atoms with E-state index in [4.69, 9.17) is 17.0 Å². The number of ether oxygens (including phenoxy) is 1. The van der Waals surface area contributed by atoms with Crippen LogP contribution in [-0.4, -0.2) is 17.1 Å². The third-order valence-corrected chi connectivity index (χ3v) is 2.56. The summed E-state index contributed by atoms with van der Waals surface area (Å²) in [5, 5.41) is 0. The topological polar surface area (TPSA) is 40.8 Å². The molecule has 2 rings (SSSR count). The number of hydrogen-bond acceptors (Lipinski definition) is 2. The Morgan fingerprint density at radius 2 is 2.06 bits per heavy atom. The van der Waals surface area contributed by atoms with Gasteiger partial charge in [0.05, 0.1) is 12.8 Å². The second kappa shape index (κ2) is 4.09. The number of H-pyrrole nitrogens is 2. The first kappa shape index (κ1) is 10.9. The number of hydrogen-bond donors (Lipinski definition) is 2. The monoisotopic (exact) mass is 238 g/mol. The highest BCUT2D eigenvalue weighted by Crippen LogP contribution is 2.25. The number of benzene rings is 1. The number of imidazole rings is 1. The zero-order valence-corrected chi connectivity index (χ0v) is 9.74. The predicted octanol–water partition coefficient (Wildman–Crippen LogP) is 3.20. The standard InChI is InChI=1S/C11H11FN2OS/c1-6-10(14-11(16)13-6)7-3-4-9(15-2)8(12)5-7/h3-5H,1-2H3,(H2,13,14,16). The Labute approximate surface area is 97.3 Å². The first-order chi connectivity index (χ1) is 7.61. The minimum Gasteiger partial charge on any atom is -0.494 e. The van der Waals surface area contributed by atoms with Gasteiger partial charge in [-0.15, -0.1) is 0 Å². The van der Waals surface area contributed by atoms with Crippen LogP contribution in [0.15, 0.2) is 18.2 Å². The van der Waals surface area contributed by atoms with Gasteiger partial charge in [-0.2, -0.15) is 0 Å². The molecule has 1 aromatic heterocycles. The van der Waals surface area contributed by atoms with Gasteiger partial charge in [0, 0.05) is 11.3 Å². The lowest BCUT2D eigenvalue weighted by atomic mass is 10.1. The van der Waals surface area contributed by atoms with Crippen molar-refractivity contribution >= 4 is 12.2 Å². The Hall–Kier alpha value is -1.62. The third kappa shape index (κ3) is 1.86. The number of nitrogens with one attached hydrogen (secondary N) is 2. The van der Waals surface area contributed by atoms with E-state index >= 15 is 0 Å². The van der Waals surface area contributed by atoms with Crippen LogP contribution in [0, 0.1) is 17.5 Å². The van der Waals surface area contributed by atoms with Crippen LogP contribution in [0.5, 0.6) is 5.75 Å². The normalized spacial score (nSPS) is 10.4. The number of aryl methyl sites for hydroxylation is 1. The second-order valence-electron chi connectivity index (χ2n) is 3.43. The summed E-state index contributed by atoms with van der Waals surface area (Å²) < 4.78 is 18.9. The highest BCUT2D eigenvalue weighted by Gasteiger charge is 2.08. The summed E-state index contributed by atoms with van der Waals surface area (Å²) in [6.45, 7) is 1.88. The lowest BCUT2D eigenvalue weighted by Crippen LogP contribution is -1.89. The molecule has 0 saturated carbocycles. The Morgan fingerprint density at radius 3 is 2.56 bits per heavy atom. The van der Waals surface area contributed by atoms with Crippen molar-refractivity contribution in [2.45, 2.75) is 6.92 Å². The van der Waals surface area contributed by atoms with E-state index in [9.17, 15) is 4.39 Å². The summed E-state index contributed by atoms with van der Waals surface area (Å²) in [6.07, 6.45) is 0. The Balaban J connectivity index is 2.53. The van der Waals surface area contributed by atoms with E-state index in [0.29, 0.717) is 4.77 Å². The van der Waals surface area contributed by atoms with Crippen LogP contribution in [0.2, 0.25) is 0 Å². The van der Waals surface area contributed by atoms with Gasteiger partial charge in [-0.05, 0) is 37.3 Å². The van der Waals surface area contributed by atoms with Crippen molar-refractivity contribution in [3.05, 3.63) is 34.5 Å². The first-order valence-electron chi connectivity index (χ1n) is 4.74. The Kier molecular flexibility index (Phi) is 2.78. The summed E-state index contributed by atoms with van der Waals surface area (Å²) in [4.78, 5) is 5.94. The summed E-state index contributed by atoms with van der Waals surface area (Å²) in [5.41, 5.74) is 2.42. The molecule has 0 bridgehead atoms. The minimum absolute atomic E-state index is 0.232. The molecule has 0 aliphatic heterocycles. The third-order valence-electron chi connectivity index (χ3n) is 2.36. The van der Waals surface area contributed by atoms with E-state index < -0.39 is 0 Å². The number of halogens is 1. The molecule has 1 aromatic carbocycles. The molecular formula is C11H11FN2OS. The van der Waals surface area contributed by atoms with Crippen LogP contribution in [-0.2, 0) is 0 Å². The molecule has 0 spiro atoms. The molecule has 16 heavy (non-hydrogen) atoms. The highest BCUT2D eigenvalue weighted by molar-refractivity contribution is 7.71. The molecule has 0 fully saturated rings. The van der Waals surface area contributed by atoms with Crippen molar-refractivity contribution in [3.8, 4) is 17.0 Å². The van der Waals surface area contributed by atoms with Gasteiger partial charge < -0.3 is 14.7 Å². The number of aromatic amines is 2. The van der Waals surface area contributed by atoms with Crippen molar-refractivity contribution in [3.63, 3.8) is 0 Å². The highest BCUT2D eigenvalue weighted by atomic mass is 32.1. The summed E-state index contributed by atoms with van der Waals surface area (Å²) in [5.74, 6) is -0.157. The first-order valence-corrected chi connectivity index (χ1v) is 5.15. The van der Waals surface area contributed by atoms with Crippen LogP contribution in [0.1, 0.15) is 5.69 Å². The molecule has 5 heteroatoms. The number of rotatable bonds is 2. The molecule has 0 saturated heterocycles. The number of methoxy groups -OCH3 is 1. The van der Waals surface area contributed by atoms with E-state index in [1.54, 1.807) is 12.1 Å². The SMILES string of the molecule is COc1ccc(-c2[nH]c(=S)[nH]c2C)cc1F. The quantitative estimate of drug-likeness (QED) is 0.789. The van der Waals surface area contributed by atoms with Crippen molar-refractivity contribution in [1.82, 2.24) is 9.97 Å². The molecule has 0 radical (unpaired) electrons. The largest absolute Gasteiger partial charge is 0.494 e. The summed E-state index contributed by atoms with van der Waals surface area (Å²) >= 11 is 4.97. The van der Waals surface area contributed by atoms with Gasteiger partial charge in [-0.3, -0.25) is 0 Å². The van der Waals surface area contributed by atoms with Gasteiger partial charge in [-0.25, -0.2) is 4.39 Å². The van der Waals surface area contributed by atoms with E-state index in [2.05, 4.69) is 9.97 Å². The van der Waals surface area contributed by atoms with Gasteiger partial charge in [0.2, 0.25) is 0 Å². The van der Waals surface area contributed by atoms with Crippen LogP contribution >= 0.6 is 12.2 Å². The zero-order chi connectivity index (χ0) is 11.7. The van der Waals surface area contributed by atoms with E-state index in [-0.39, 0.29) is 11.6 Å². The lowest BCUT2D eigenvalue weighted by molar-refractivity contribution is 0.386. The molecule has 84 valence electrons. The van der Waals surface area contributed by atoms with Crippen LogP contribution < -0.4 is 4.74 Å². The lowest BCUT2D eigenvalue weighted by Gasteiger charge is -2.04. The summed E-state index contributed by atoms with van der Waals surface area (Å²) in [7, 11) is 1.44. The van der Waals surface area contributed by atoms with Crippen molar-refractivity contribution < 1.29 is 9.13 Å². The van der Waals surface area contributed by atoms with Crippen molar-refractivity contribution in [2.24, 2.45) is 0 Å². The molecule has 1 heterocycles. The predicted molar refractivity (Wildman–Crippen MR) is 62.7 cm³/mol. The fourth-order valence-corrected chi connectivity index (χ4v) is 1.84. The zero-order valence-electron chi connectivity index (χ0n) is 8.93. The molecule has 0 unspecified atom stereocenters. The van der Waals surface area contributed by atoms with Gasteiger partial charge in [0.1, 0.15) is 0 Å². The van der Waals surface area contributed by atoms with Crippen LogP contribution in [0.4, 0.5) is 4.39 Å². The van der Waals surface area contributed by atoms with Crippen molar-refractivity contribution in [1.29, 1.82) is 0 Å². The summed E-state index contributed by atoms with van der Waals surface area (Å²) in [6, 6.07) is 4.79. The second-order valence-corrected chi connectivity index (χ2v) is 3.84. The van der Waals surface area contributed by atoms with E-state index in [1.165, 1.54) is 13.2 Å². The molecule has 0 aliphatic carbocycles. The molecule has 2 aromatic rings. The van der Waals surface area contributed by atoms with Gasteiger partial charge in [0.15, 0.2) is 16.3 Å². The fourth-order valence-electron chi connectivity index (χ4n) is 1.58. The average molecular weight is 238 g/mol. The molecule has 3 nitrogen and oxygen atoms in total. The molecule has 0 aliphatic rings. The maximum absolute atomic E-state index is 13.5. The van der Waals surface area contributed by atoms with Gasteiger partial charge in [0.25, 0.3) is 0 Å². The van der Waals surface area contributed by atoms with Gasteiger partial charge in [-0.1, -0.05) is 0 Å².